The Morgan fingerprint density at radius 2 is 1.55 bits per heavy atom. The zero-order chi connectivity index (χ0) is 26.6. The van der Waals surface area contributed by atoms with Crippen LogP contribution in [-0.2, 0) is 7.05 Å². The van der Waals surface area contributed by atoms with Crippen LogP contribution in [0.1, 0.15) is 99.3 Å². The molecular formula is C34H40N3S+. The summed E-state index contributed by atoms with van der Waals surface area (Å²) in [6, 6.07) is 20.4. The van der Waals surface area contributed by atoms with Crippen molar-refractivity contribution in [2.75, 3.05) is 0 Å². The molecule has 0 N–H and O–H groups in total. The molecule has 0 aliphatic heterocycles. The molecule has 5 aromatic rings. The summed E-state index contributed by atoms with van der Waals surface area (Å²) in [5.74, 6) is 2.67. The Balaban J connectivity index is 1.72. The van der Waals surface area contributed by atoms with E-state index in [9.17, 15) is 0 Å². The van der Waals surface area contributed by atoms with Crippen molar-refractivity contribution in [1.82, 2.24) is 9.55 Å². The molecule has 4 heteroatoms. The Hall–Kier alpha value is -2.98. The maximum atomic E-state index is 5.43. The van der Waals surface area contributed by atoms with Gasteiger partial charge in [0.05, 0.1) is 27.8 Å². The van der Waals surface area contributed by atoms with Crippen LogP contribution in [0.2, 0.25) is 0 Å². The zero-order valence-corrected chi connectivity index (χ0v) is 24.5. The first kappa shape index (κ1) is 25.3. The molecule has 0 amide bonds. The molecule has 2 heterocycles. The zero-order valence-electron chi connectivity index (χ0n) is 23.7. The van der Waals surface area contributed by atoms with Gasteiger partial charge in [-0.1, -0.05) is 83.4 Å². The van der Waals surface area contributed by atoms with Crippen molar-refractivity contribution in [2.24, 2.45) is 7.05 Å². The van der Waals surface area contributed by atoms with Crippen LogP contribution in [0.5, 0.6) is 0 Å². The first-order valence-corrected chi connectivity index (χ1v) is 15.2. The Bertz CT molecular complexity index is 1600. The Morgan fingerprint density at radius 3 is 2.24 bits per heavy atom. The Labute approximate surface area is 231 Å². The highest BCUT2D eigenvalue weighted by Gasteiger charge is 2.33. The van der Waals surface area contributed by atoms with E-state index in [0.29, 0.717) is 17.8 Å². The van der Waals surface area contributed by atoms with Gasteiger partial charge in [-0.25, -0.2) is 9.55 Å². The van der Waals surface area contributed by atoms with Gasteiger partial charge >= 0.3 is 0 Å². The summed E-state index contributed by atoms with van der Waals surface area (Å²) < 4.78 is 6.27. The minimum absolute atomic E-state index is 0.414. The smallest absolute Gasteiger partial charge is 0.240 e. The lowest BCUT2D eigenvalue weighted by atomic mass is 9.90. The quantitative estimate of drug-likeness (QED) is 0.211. The molecule has 38 heavy (non-hydrogen) atoms. The summed E-state index contributed by atoms with van der Waals surface area (Å²) in [7, 11) is 2.23. The molecule has 1 aliphatic rings. The van der Waals surface area contributed by atoms with E-state index in [2.05, 4.69) is 105 Å². The van der Waals surface area contributed by atoms with Gasteiger partial charge in [0.15, 0.2) is 11.0 Å². The van der Waals surface area contributed by atoms with E-state index in [0.717, 1.165) is 0 Å². The molecule has 3 nitrogen and oxygen atoms in total. The van der Waals surface area contributed by atoms with Gasteiger partial charge in [-0.05, 0) is 55.4 Å². The minimum Gasteiger partial charge on any atom is -0.240 e. The van der Waals surface area contributed by atoms with Crippen LogP contribution in [-0.4, -0.2) is 9.55 Å². The number of thiazole rings is 1. The predicted molar refractivity (Wildman–Crippen MR) is 162 cm³/mol. The molecule has 0 spiro atoms. The number of aryl methyl sites for hydroxylation is 2. The lowest BCUT2D eigenvalue weighted by Crippen LogP contribution is -2.30. The Kier molecular flexibility index (Phi) is 6.63. The summed E-state index contributed by atoms with van der Waals surface area (Å²) in [6.07, 6.45) is 6.60. The molecular weight excluding hydrogens is 482 g/mol. The number of para-hydroxylation sites is 3. The minimum atomic E-state index is 0.414. The molecule has 1 fully saturated rings. The molecule has 0 unspecified atom stereocenters. The first-order valence-electron chi connectivity index (χ1n) is 14.4. The third kappa shape index (κ3) is 4.09. The van der Waals surface area contributed by atoms with Crippen molar-refractivity contribution in [3.63, 3.8) is 0 Å². The first-order chi connectivity index (χ1) is 18.4. The maximum Gasteiger partial charge on any atom is 0.297 e. The van der Waals surface area contributed by atoms with Gasteiger partial charge in [0.25, 0.3) is 5.82 Å². The van der Waals surface area contributed by atoms with Crippen molar-refractivity contribution in [2.45, 2.75) is 84.5 Å². The van der Waals surface area contributed by atoms with Crippen LogP contribution in [0.15, 0.2) is 54.6 Å². The highest BCUT2D eigenvalue weighted by atomic mass is 32.1. The molecule has 196 valence electrons. The average molecular weight is 523 g/mol. The van der Waals surface area contributed by atoms with Crippen LogP contribution in [0.3, 0.4) is 0 Å². The van der Waals surface area contributed by atoms with Gasteiger partial charge in [-0.15, -0.1) is 11.3 Å². The van der Waals surface area contributed by atoms with Gasteiger partial charge in [0, 0.05) is 17.0 Å². The molecule has 0 bridgehead atoms. The predicted octanol–water partition coefficient (Wildman–Crippen LogP) is 9.33. The molecule has 2 aromatic heterocycles. The Morgan fingerprint density at radius 1 is 0.868 bits per heavy atom. The van der Waals surface area contributed by atoms with Crippen LogP contribution < -0.4 is 4.57 Å². The third-order valence-corrected chi connectivity index (χ3v) is 9.73. The second-order valence-electron chi connectivity index (χ2n) is 11.8. The highest BCUT2D eigenvalue weighted by molar-refractivity contribution is 7.18. The number of fused-ring (bicyclic) bond motifs is 2. The number of imidazole rings is 1. The van der Waals surface area contributed by atoms with E-state index in [1.165, 1.54) is 92.1 Å². The molecule has 0 radical (unpaired) electrons. The molecule has 1 aliphatic carbocycles. The fourth-order valence-corrected chi connectivity index (χ4v) is 7.65. The summed E-state index contributed by atoms with van der Waals surface area (Å²) in [6.45, 7) is 11.5. The number of hydrogen-bond donors (Lipinski definition) is 0. The van der Waals surface area contributed by atoms with Crippen molar-refractivity contribution >= 4 is 32.6 Å². The molecule has 0 atom stereocenters. The van der Waals surface area contributed by atoms with E-state index >= 15 is 0 Å². The standard InChI is InChI=1S/C34H40N3S/c1-21(2)25-15-12-16-26(22(3)4)32(25)37-28-18-11-10-17-27(28)36(6)34(37)30-23(5)19-20-29-31(30)35-33(38-29)24-13-8-7-9-14-24/h10-12,15-22,24H,7-9,13-14H2,1-6H3/q+1. The molecule has 1 saturated carbocycles. The normalized spacial score (nSPS) is 14.9. The van der Waals surface area contributed by atoms with Crippen molar-refractivity contribution in [3.05, 3.63) is 76.3 Å². The summed E-state index contributed by atoms with van der Waals surface area (Å²) in [5, 5.41) is 1.34. The lowest BCUT2D eigenvalue weighted by Gasteiger charge is -2.19. The van der Waals surface area contributed by atoms with Crippen molar-refractivity contribution in [3.8, 4) is 17.1 Å². The van der Waals surface area contributed by atoms with Crippen molar-refractivity contribution in [1.29, 1.82) is 0 Å². The van der Waals surface area contributed by atoms with E-state index in [1.807, 2.05) is 11.3 Å². The SMILES string of the molecule is Cc1ccc2sc(C3CCCCC3)nc2c1-c1n(-c2c(C(C)C)cccc2C(C)C)c2ccccc2[n+]1C. The molecule has 3 aromatic carbocycles. The van der Waals surface area contributed by atoms with Gasteiger partial charge < -0.3 is 0 Å². The van der Waals surface area contributed by atoms with Gasteiger partial charge in [-0.2, -0.15) is 4.57 Å². The van der Waals surface area contributed by atoms with Crippen LogP contribution in [0, 0.1) is 6.92 Å². The van der Waals surface area contributed by atoms with Crippen LogP contribution >= 0.6 is 11.3 Å². The van der Waals surface area contributed by atoms with E-state index in [4.69, 9.17) is 4.98 Å². The number of hydrogen-bond acceptors (Lipinski definition) is 2. The summed E-state index contributed by atoms with van der Waals surface area (Å²) in [4.78, 5) is 5.43. The van der Waals surface area contributed by atoms with E-state index in [1.54, 1.807) is 0 Å². The number of aromatic nitrogens is 3. The summed E-state index contributed by atoms with van der Waals surface area (Å²) >= 11 is 1.92. The monoisotopic (exact) mass is 522 g/mol. The average Bonchev–Trinajstić information content (AvgIpc) is 3.48. The number of rotatable bonds is 5. The van der Waals surface area contributed by atoms with Gasteiger partial charge in [-0.3, -0.25) is 0 Å². The fourth-order valence-electron chi connectivity index (χ4n) is 6.51. The number of nitrogens with zero attached hydrogens (tertiary/aromatic N) is 3. The second-order valence-corrected chi connectivity index (χ2v) is 12.9. The topological polar surface area (TPSA) is 21.7 Å². The van der Waals surface area contributed by atoms with Gasteiger partial charge in [0.1, 0.15) is 5.69 Å². The number of benzene rings is 3. The lowest BCUT2D eigenvalue weighted by molar-refractivity contribution is -0.633. The largest absolute Gasteiger partial charge is 0.297 e. The third-order valence-electron chi connectivity index (χ3n) is 8.54. The highest BCUT2D eigenvalue weighted by Crippen LogP contribution is 2.42. The van der Waals surface area contributed by atoms with Gasteiger partial charge in [0.2, 0.25) is 0 Å². The molecule has 0 saturated heterocycles. The molecule has 6 rings (SSSR count). The van der Waals surface area contributed by atoms with Crippen molar-refractivity contribution < 1.29 is 4.57 Å². The maximum absolute atomic E-state index is 5.43. The second kappa shape index (κ2) is 9.96. The fraction of sp³-hybridized carbons (Fsp3) is 0.412. The summed E-state index contributed by atoms with van der Waals surface area (Å²) in [5.41, 5.74) is 10.3. The van der Waals surface area contributed by atoms with Crippen LogP contribution in [0.25, 0.3) is 38.3 Å². The van der Waals surface area contributed by atoms with Crippen LogP contribution in [0.4, 0.5) is 0 Å². The van der Waals surface area contributed by atoms with E-state index in [-0.39, 0.29) is 0 Å². The van der Waals surface area contributed by atoms with E-state index < -0.39 is 0 Å².